The quantitative estimate of drug-likeness (QED) is 0.112. The highest BCUT2D eigenvalue weighted by molar-refractivity contribution is 6.07. The van der Waals surface area contributed by atoms with Crippen molar-refractivity contribution in [2.75, 3.05) is 27.3 Å². The number of nitrogens with one attached hydrogen (secondary N) is 4. The molecule has 2 fully saturated rings. The van der Waals surface area contributed by atoms with Crippen LogP contribution in [-0.4, -0.2) is 87.1 Å². The lowest BCUT2D eigenvalue weighted by molar-refractivity contribution is -0.136. The van der Waals surface area contributed by atoms with Crippen LogP contribution in [0.1, 0.15) is 81.4 Å². The summed E-state index contributed by atoms with van der Waals surface area (Å²) in [6.45, 7) is 9.50. The lowest BCUT2D eigenvalue weighted by Gasteiger charge is -2.30. The number of hydrogen-bond acceptors (Lipinski definition) is 9. The molecule has 2 aromatic heterocycles. The number of benzene rings is 4. The van der Waals surface area contributed by atoms with E-state index >= 15 is 0 Å². The second-order valence-corrected chi connectivity index (χ2v) is 17.5. The Labute approximate surface area is 364 Å². The van der Waals surface area contributed by atoms with Crippen LogP contribution in [0.3, 0.4) is 0 Å². The molecule has 6 atom stereocenters. The highest BCUT2D eigenvalue weighted by Gasteiger charge is 2.41. The molecule has 9 rings (SSSR count). The van der Waals surface area contributed by atoms with Gasteiger partial charge in [-0.2, -0.15) is 0 Å². The van der Waals surface area contributed by atoms with Crippen molar-refractivity contribution < 1.29 is 33.4 Å². The van der Waals surface area contributed by atoms with Gasteiger partial charge in [-0.3, -0.25) is 9.59 Å². The summed E-state index contributed by atoms with van der Waals surface area (Å²) in [5.74, 6) is 2.13. The van der Waals surface area contributed by atoms with Gasteiger partial charge in [0.1, 0.15) is 36.1 Å². The highest BCUT2D eigenvalue weighted by Crippen LogP contribution is 2.44. The van der Waals surface area contributed by atoms with Crippen LogP contribution in [0.25, 0.3) is 44.2 Å². The first-order valence-corrected chi connectivity index (χ1v) is 21.5. The van der Waals surface area contributed by atoms with E-state index in [1.807, 2.05) is 66.2 Å². The molecule has 3 aliphatic heterocycles. The van der Waals surface area contributed by atoms with Gasteiger partial charge in [0.15, 0.2) is 0 Å². The van der Waals surface area contributed by atoms with Crippen molar-refractivity contribution in [3.05, 3.63) is 102 Å². The maximum absolute atomic E-state index is 14.3. The standard InChI is InChI=1S/C48H52N8O7/c1-25(2)40(53-47(59)61-5)45(57)55-22-26(3)16-37(55)43-49-21-36(51-43)30-12-14-32-31(18-30)24-63-39-20-33-29(19-34(32)39)13-15-35-42(33)52-44(50-35)38-17-27(4)23-56(38)46(58)41(54-48(60)62-6)28-10-8-7-9-11-28/h7-15,18-21,25-27,37-38,40-41H,16-17,22-24H2,1-6H3,(H,49,51)(H,50,52)(H,53,59)(H,54,60)/t26-,27-,37-,38-,40-,41?/m0/s1. The number of aromatic nitrogens is 4. The Morgan fingerprint density at radius 1 is 0.794 bits per heavy atom. The molecule has 326 valence electrons. The lowest BCUT2D eigenvalue weighted by Crippen LogP contribution is -2.51. The second kappa shape index (κ2) is 16.8. The number of carbonyl (C=O) groups excluding carboxylic acids is 4. The number of nitrogens with zero attached hydrogens (tertiary/aromatic N) is 4. The fraction of sp³-hybridized carbons (Fsp3) is 0.375. The molecule has 4 amide bonds. The number of hydrogen-bond donors (Lipinski definition) is 4. The van der Waals surface area contributed by atoms with E-state index in [4.69, 9.17) is 24.2 Å². The van der Waals surface area contributed by atoms with Crippen LogP contribution in [0.5, 0.6) is 5.75 Å². The summed E-state index contributed by atoms with van der Waals surface area (Å²) in [5.41, 5.74) is 7.21. The Bertz CT molecular complexity index is 2730. The Morgan fingerprint density at radius 3 is 2.21 bits per heavy atom. The van der Waals surface area contributed by atoms with Gasteiger partial charge in [-0.05, 0) is 82.5 Å². The molecule has 63 heavy (non-hydrogen) atoms. The zero-order chi connectivity index (χ0) is 44.1. The van der Waals surface area contributed by atoms with Gasteiger partial charge in [0.2, 0.25) is 5.91 Å². The van der Waals surface area contributed by atoms with Crippen LogP contribution >= 0.6 is 0 Å². The molecule has 1 unspecified atom stereocenters. The Hall–Kier alpha value is -6.90. The van der Waals surface area contributed by atoms with E-state index < -0.39 is 24.3 Å². The summed E-state index contributed by atoms with van der Waals surface area (Å²) in [6.07, 6.45) is 1.97. The number of carbonyl (C=O) groups is 4. The fourth-order valence-corrected chi connectivity index (χ4v) is 9.54. The van der Waals surface area contributed by atoms with Crippen LogP contribution < -0.4 is 15.4 Å². The number of aromatic amines is 2. The first-order chi connectivity index (χ1) is 30.4. The van der Waals surface area contributed by atoms with Gasteiger partial charge in [-0.25, -0.2) is 19.6 Å². The molecule has 6 aromatic rings. The van der Waals surface area contributed by atoms with Crippen LogP contribution in [0, 0.1) is 17.8 Å². The fourth-order valence-electron chi connectivity index (χ4n) is 9.54. The summed E-state index contributed by atoms with van der Waals surface area (Å²) in [6, 6.07) is 21.6. The predicted molar refractivity (Wildman–Crippen MR) is 236 cm³/mol. The van der Waals surface area contributed by atoms with E-state index in [9.17, 15) is 19.2 Å². The first-order valence-electron chi connectivity index (χ1n) is 21.5. The van der Waals surface area contributed by atoms with Crippen molar-refractivity contribution in [3.63, 3.8) is 0 Å². The molecule has 5 heterocycles. The Balaban J connectivity index is 0.972. The zero-order valence-corrected chi connectivity index (χ0v) is 36.2. The number of rotatable bonds is 9. The molecule has 0 aliphatic carbocycles. The summed E-state index contributed by atoms with van der Waals surface area (Å²) in [7, 11) is 2.58. The molecule has 0 saturated carbocycles. The third-order valence-corrected chi connectivity index (χ3v) is 12.7. The minimum atomic E-state index is -0.915. The lowest BCUT2D eigenvalue weighted by atomic mass is 9.92. The predicted octanol–water partition coefficient (Wildman–Crippen LogP) is 7.96. The smallest absolute Gasteiger partial charge is 0.407 e. The molecule has 0 radical (unpaired) electrons. The minimum absolute atomic E-state index is 0.129. The van der Waals surface area contributed by atoms with E-state index in [1.54, 1.807) is 0 Å². The Kier molecular flexibility index (Phi) is 11.0. The molecular formula is C48H52N8O7. The summed E-state index contributed by atoms with van der Waals surface area (Å²) in [5, 5.41) is 7.44. The third kappa shape index (κ3) is 7.80. The van der Waals surface area contributed by atoms with Crippen molar-refractivity contribution in [1.82, 2.24) is 40.4 Å². The minimum Gasteiger partial charge on any atom is -0.488 e. The molecule has 15 nitrogen and oxygen atoms in total. The largest absolute Gasteiger partial charge is 0.488 e. The third-order valence-electron chi connectivity index (χ3n) is 12.7. The first kappa shape index (κ1) is 41.5. The van der Waals surface area contributed by atoms with E-state index in [1.165, 1.54) is 14.2 Å². The van der Waals surface area contributed by atoms with Crippen LogP contribution in [0.2, 0.25) is 0 Å². The Morgan fingerprint density at radius 2 is 1.49 bits per heavy atom. The second-order valence-electron chi connectivity index (χ2n) is 17.5. The molecule has 0 spiro atoms. The number of alkyl carbamates (subject to hydrolysis) is 2. The molecule has 0 bridgehead atoms. The average molecular weight is 853 g/mol. The van der Waals surface area contributed by atoms with Gasteiger partial charge in [-0.1, -0.05) is 76.2 Å². The van der Waals surface area contributed by atoms with Crippen molar-refractivity contribution in [2.24, 2.45) is 17.8 Å². The van der Waals surface area contributed by atoms with Gasteiger partial charge in [-0.15, -0.1) is 0 Å². The zero-order valence-electron chi connectivity index (χ0n) is 36.2. The van der Waals surface area contributed by atoms with Gasteiger partial charge in [0.25, 0.3) is 5.91 Å². The van der Waals surface area contributed by atoms with E-state index in [0.29, 0.717) is 43.3 Å². The monoisotopic (exact) mass is 852 g/mol. The van der Waals surface area contributed by atoms with E-state index in [-0.39, 0.29) is 41.7 Å². The SMILES string of the molecule is COC(=O)NC(C(=O)N1C[C@@H](C)C[C@H]1c1nc2ccc3cc4c(cc3c2[nH]1)OCc1cc(-c2cnc([C@@H]3C[C@H](C)CN3C(=O)[C@@H](NC(=O)OC)C(C)C)[nH]2)ccc1-4)c1ccccc1. The summed E-state index contributed by atoms with van der Waals surface area (Å²) >= 11 is 0. The van der Waals surface area contributed by atoms with Crippen molar-refractivity contribution in [2.45, 2.75) is 71.3 Å². The van der Waals surface area contributed by atoms with Crippen molar-refractivity contribution in [3.8, 4) is 28.1 Å². The van der Waals surface area contributed by atoms with Crippen LogP contribution in [-0.2, 0) is 25.7 Å². The van der Waals surface area contributed by atoms with Gasteiger partial charge in [0, 0.05) is 24.0 Å². The van der Waals surface area contributed by atoms with E-state index in [0.717, 1.165) is 61.9 Å². The van der Waals surface area contributed by atoms with Crippen LogP contribution in [0.15, 0.2) is 79.0 Å². The van der Waals surface area contributed by atoms with Gasteiger partial charge < -0.3 is 44.6 Å². The molecule has 2 saturated heterocycles. The summed E-state index contributed by atoms with van der Waals surface area (Å²) in [4.78, 5) is 73.1. The van der Waals surface area contributed by atoms with E-state index in [2.05, 4.69) is 70.8 Å². The number of ether oxygens (including phenoxy) is 3. The number of methoxy groups -OCH3 is 2. The number of H-pyrrole nitrogens is 2. The number of imidazole rings is 2. The maximum atomic E-state index is 14.3. The van der Waals surface area contributed by atoms with Crippen LogP contribution in [0.4, 0.5) is 9.59 Å². The van der Waals surface area contributed by atoms with Crippen molar-refractivity contribution >= 4 is 45.8 Å². The average Bonchev–Trinajstić information content (AvgIpc) is 4.12. The number of fused-ring (bicyclic) bond motifs is 6. The van der Waals surface area contributed by atoms with Crippen molar-refractivity contribution in [1.29, 1.82) is 0 Å². The number of amides is 4. The normalized spacial score (nSPS) is 20.2. The number of likely N-dealkylation sites (tertiary alicyclic amines) is 2. The molecule has 3 aliphatic rings. The molecule has 15 heteroatoms. The maximum Gasteiger partial charge on any atom is 0.407 e. The van der Waals surface area contributed by atoms with Gasteiger partial charge >= 0.3 is 12.2 Å². The van der Waals surface area contributed by atoms with Gasteiger partial charge in [0.05, 0.1) is 49.2 Å². The highest BCUT2D eigenvalue weighted by atomic mass is 16.5. The molecule has 4 N–H and O–H groups in total. The topological polar surface area (TPSA) is 184 Å². The summed E-state index contributed by atoms with van der Waals surface area (Å²) < 4.78 is 16.1. The molecule has 4 aromatic carbocycles. The molecular weight excluding hydrogens is 801 g/mol.